The lowest BCUT2D eigenvalue weighted by Crippen LogP contribution is -2.20. The van der Waals surface area contributed by atoms with Gasteiger partial charge in [-0.1, -0.05) is 12.8 Å². The van der Waals surface area contributed by atoms with Crippen LogP contribution in [-0.2, 0) is 14.8 Å². The van der Waals surface area contributed by atoms with Gasteiger partial charge in [0.1, 0.15) is 10.7 Å². The van der Waals surface area contributed by atoms with Gasteiger partial charge >= 0.3 is 0 Å². The quantitative estimate of drug-likeness (QED) is 0.891. The van der Waals surface area contributed by atoms with Crippen LogP contribution in [0.1, 0.15) is 32.1 Å². The number of rotatable bonds is 4. The summed E-state index contributed by atoms with van der Waals surface area (Å²) in [5.41, 5.74) is -0.101. The van der Waals surface area contributed by atoms with Gasteiger partial charge in [-0.25, -0.2) is 17.9 Å². The summed E-state index contributed by atoms with van der Waals surface area (Å²) in [4.78, 5) is 11.6. The molecule has 0 heterocycles. The fourth-order valence-corrected chi connectivity index (χ4v) is 3.20. The molecule has 110 valence electrons. The average molecular weight is 300 g/mol. The van der Waals surface area contributed by atoms with Crippen molar-refractivity contribution in [3.63, 3.8) is 0 Å². The molecular formula is C13H17FN2O3S. The predicted molar refractivity (Wildman–Crippen MR) is 73.0 cm³/mol. The maximum atomic E-state index is 13.2. The van der Waals surface area contributed by atoms with E-state index in [1.807, 2.05) is 0 Å². The third kappa shape index (κ3) is 3.77. The molecule has 20 heavy (non-hydrogen) atoms. The number of carbonyl (C=O) groups excluding carboxylic acids is 1. The first-order valence-corrected chi connectivity index (χ1v) is 8.03. The number of halogens is 1. The molecule has 3 N–H and O–H groups in total. The number of benzene rings is 1. The SMILES string of the molecule is NS(=O)(=O)c1ccc(F)cc1NC(=O)CC1CCCC1. The van der Waals surface area contributed by atoms with Crippen LogP contribution in [0.2, 0.25) is 0 Å². The minimum atomic E-state index is -4.00. The Morgan fingerprint density at radius 1 is 1.35 bits per heavy atom. The molecule has 1 aliphatic rings. The lowest BCUT2D eigenvalue weighted by atomic mass is 10.0. The fraction of sp³-hybridized carbons (Fsp3) is 0.462. The molecule has 1 aromatic carbocycles. The summed E-state index contributed by atoms with van der Waals surface area (Å²) >= 11 is 0. The number of hydrogen-bond acceptors (Lipinski definition) is 3. The molecule has 7 heteroatoms. The molecule has 1 saturated carbocycles. The smallest absolute Gasteiger partial charge is 0.240 e. The zero-order valence-corrected chi connectivity index (χ0v) is 11.7. The predicted octanol–water partition coefficient (Wildman–Crippen LogP) is 1.99. The van der Waals surface area contributed by atoms with E-state index in [0.717, 1.165) is 43.9 Å². The van der Waals surface area contributed by atoms with Crippen molar-refractivity contribution in [3.8, 4) is 0 Å². The van der Waals surface area contributed by atoms with Gasteiger partial charge in [0.15, 0.2) is 0 Å². The van der Waals surface area contributed by atoms with Crippen LogP contribution in [0.3, 0.4) is 0 Å². The number of primary sulfonamides is 1. The lowest BCUT2D eigenvalue weighted by Gasteiger charge is -2.12. The van der Waals surface area contributed by atoms with Crippen LogP contribution in [-0.4, -0.2) is 14.3 Å². The van der Waals surface area contributed by atoms with Gasteiger partial charge in [-0.15, -0.1) is 0 Å². The number of nitrogens with two attached hydrogens (primary N) is 1. The summed E-state index contributed by atoms with van der Waals surface area (Å²) in [6.45, 7) is 0. The molecule has 0 aromatic heterocycles. The third-order valence-electron chi connectivity index (χ3n) is 3.47. The molecule has 0 radical (unpaired) electrons. The third-order valence-corrected chi connectivity index (χ3v) is 4.44. The van der Waals surface area contributed by atoms with E-state index in [1.54, 1.807) is 0 Å². The Balaban J connectivity index is 2.15. The van der Waals surface area contributed by atoms with Gasteiger partial charge in [0.05, 0.1) is 5.69 Å². The van der Waals surface area contributed by atoms with Crippen molar-refractivity contribution in [2.45, 2.75) is 37.0 Å². The van der Waals surface area contributed by atoms with Gasteiger partial charge in [-0.2, -0.15) is 0 Å². The van der Waals surface area contributed by atoms with Crippen LogP contribution >= 0.6 is 0 Å². The summed E-state index contributed by atoms with van der Waals surface area (Å²) in [5.74, 6) is -0.623. The van der Waals surface area contributed by atoms with E-state index in [-0.39, 0.29) is 16.5 Å². The minimum Gasteiger partial charge on any atom is -0.325 e. The number of sulfonamides is 1. The first-order valence-electron chi connectivity index (χ1n) is 6.48. The highest BCUT2D eigenvalue weighted by atomic mass is 32.2. The average Bonchev–Trinajstić information content (AvgIpc) is 2.79. The molecular weight excluding hydrogens is 283 g/mol. The summed E-state index contributed by atoms with van der Waals surface area (Å²) in [6, 6.07) is 3.01. The molecule has 0 spiro atoms. The Hall–Kier alpha value is -1.47. The molecule has 1 aromatic rings. The Morgan fingerprint density at radius 2 is 2.00 bits per heavy atom. The van der Waals surface area contributed by atoms with E-state index in [9.17, 15) is 17.6 Å². The Bertz CT molecular complexity index is 610. The van der Waals surface area contributed by atoms with E-state index >= 15 is 0 Å². The highest BCUT2D eigenvalue weighted by Crippen LogP contribution is 2.28. The minimum absolute atomic E-state index is 0.101. The largest absolute Gasteiger partial charge is 0.325 e. The number of hydrogen-bond donors (Lipinski definition) is 2. The summed E-state index contributed by atoms with van der Waals surface area (Å²) in [6.07, 6.45) is 4.54. The second kappa shape index (κ2) is 5.88. The van der Waals surface area contributed by atoms with Crippen molar-refractivity contribution in [1.82, 2.24) is 0 Å². The lowest BCUT2D eigenvalue weighted by molar-refractivity contribution is -0.117. The number of nitrogens with one attached hydrogen (secondary N) is 1. The van der Waals surface area contributed by atoms with E-state index in [4.69, 9.17) is 5.14 Å². The van der Waals surface area contributed by atoms with E-state index in [2.05, 4.69) is 5.32 Å². The molecule has 0 bridgehead atoms. The van der Waals surface area contributed by atoms with Gasteiger partial charge in [-0.3, -0.25) is 4.79 Å². The Kier molecular flexibility index (Phi) is 4.39. The second-order valence-electron chi connectivity index (χ2n) is 5.09. The maximum Gasteiger partial charge on any atom is 0.240 e. The number of amides is 1. The zero-order valence-electron chi connectivity index (χ0n) is 10.9. The van der Waals surface area contributed by atoms with Crippen molar-refractivity contribution in [2.24, 2.45) is 11.1 Å². The van der Waals surface area contributed by atoms with Crippen molar-refractivity contribution < 1.29 is 17.6 Å². The van der Waals surface area contributed by atoms with Crippen LogP contribution in [0, 0.1) is 11.7 Å². The molecule has 1 aliphatic carbocycles. The zero-order chi connectivity index (χ0) is 14.8. The van der Waals surface area contributed by atoms with Gasteiger partial charge in [0.2, 0.25) is 15.9 Å². The topological polar surface area (TPSA) is 89.3 Å². The number of anilines is 1. The van der Waals surface area contributed by atoms with Crippen LogP contribution < -0.4 is 10.5 Å². The first-order chi connectivity index (χ1) is 9.36. The van der Waals surface area contributed by atoms with Gasteiger partial charge in [0, 0.05) is 6.42 Å². The molecule has 1 fully saturated rings. The fourth-order valence-electron chi connectivity index (χ4n) is 2.53. The van der Waals surface area contributed by atoms with Crippen molar-refractivity contribution in [1.29, 1.82) is 0 Å². The van der Waals surface area contributed by atoms with Crippen LogP contribution in [0.5, 0.6) is 0 Å². The Morgan fingerprint density at radius 3 is 2.60 bits per heavy atom. The summed E-state index contributed by atoms with van der Waals surface area (Å²) in [7, 11) is -4.00. The molecule has 2 rings (SSSR count). The van der Waals surface area contributed by atoms with E-state index < -0.39 is 15.8 Å². The molecule has 0 atom stereocenters. The highest BCUT2D eigenvalue weighted by molar-refractivity contribution is 7.89. The van der Waals surface area contributed by atoms with Crippen molar-refractivity contribution in [3.05, 3.63) is 24.0 Å². The molecule has 0 aliphatic heterocycles. The highest BCUT2D eigenvalue weighted by Gasteiger charge is 2.21. The summed E-state index contributed by atoms with van der Waals surface area (Å²) in [5, 5.41) is 7.49. The molecule has 5 nitrogen and oxygen atoms in total. The molecule has 0 unspecified atom stereocenters. The van der Waals surface area contributed by atoms with E-state index in [0.29, 0.717) is 12.3 Å². The monoisotopic (exact) mass is 300 g/mol. The Labute approximate surface area is 117 Å². The first kappa shape index (κ1) is 14.9. The van der Waals surface area contributed by atoms with Crippen molar-refractivity contribution in [2.75, 3.05) is 5.32 Å². The van der Waals surface area contributed by atoms with Crippen LogP contribution in [0.15, 0.2) is 23.1 Å². The van der Waals surface area contributed by atoms with Crippen molar-refractivity contribution >= 4 is 21.6 Å². The van der Waals surface area contributed by atoms with Crippen LogP contribution in [0.4, 0.5) is 10.1 Å². The standard InChI is InChI=1S/C13H17FN2O3S/c14-10-5-6-12(20(15,18)19)11(8-10)16-13(17)7-9-3-1-2-4-9/h5-6,8-9H,1-4,7H2,(H,16,17)(H2,15,18,19). The summed E-state index contributed by atoms with van der Waals surface area (Å²) < 4.78 is 36.0. The second-order valence-corrected chi connectivity index (χ2v) is 6.62. The molecule has 0 saturated heterocycles. The van der Waals surface area contributed by atoms with Gasteiger partial charge < -0.3 is 5.32 Å². The normalized spacial score (nSPS) is 16.3. The van der Waals surface area contributed by atoms with Crippen LogP contribution in [0.25, 0.3) is 0 Å². The molecule has 1 amide bonds. The number of carbonyl (C=O) groups is 1. The van der Waals surface area contributed by atoms with E-state index in [1.165, 1.54) is 0 Å². The maximum absolute atomic E-state index is 13.2. The van der Waals surface area contributed by atoms with Gasteiger partial charge in [0.25, 0.3) is 0 Å². The van der Waals surface area contributed by atoms with Gasteiger partial charge in [-0.05, 0) is 37.0 Å².